The molecule has 7 heteroatoms. The van der Waals surface area contributed by atoms with Crippen LogP contribution in [0.1, 0.15) is 25.3 Å². The zero-order chi connectivity index (χ0) is 21.0. The molecule has 1 unspecified atom stereocenters. The SMILES string of the molecule is CC(Cc1ccc(Cl)cc1Cl)C(=O)Nc1ccc(N2CCC(C(N)=O)CC2)cc1. The molecule has 154 valence electrons. The summed E-state index contributed by atoms with van der Waals surface area (Å²) in [5.74, 6) is -0.538. The summed E-state index contributed by atoms with van der Waals surface area (Å²) in [5, 5.41) is 4.11. The Morgan fingerprint density at radius 2 is 1.79 bits per heavy atom. The first-order valence-electron chi connectivity index (χ1n) is 9.72. The van der Waals surface area contributed by atoms with E-state index >= 15 is 0 Å². The number of hydrogen-bond acceptors (Lipinski definition) is 3. The molecule has 0 aliphatic carbocycles. The van der Waals surface area contributed by atoms with Gasteiger partial charge in [0, 0.05) is 46.3 Å². The smallest absolute Gasteiger partial charge is 0.227 e. The maximum Gasteiger partial charge on any atom is 0.227 e. The molecule has 1 aliphatic rings. The highest BCUT2D eigenvalue weighted by Gasteiger charge is 2.23. The highest BCUT2D eigenvalue weighted by Crippen LogP contribution is 2.26. The van der Waals surface area contributed by atoms with Gasteiger partial charge in [-0.25, -0.2) is 0 Å². The Morgan fingerprint density at radius 3 is 2.38 bits per heavy atom. The molecule has 3 N–H and O–H groups in total. The van der Waals surface area contributed by atoms with Crippen molar-refractivity contribution in [2.75, 3.05) is 23.3 Å². The van der Waals surface area contributed by atoms with Crippen LogP contribution in [0.25, 0.3) is 0 Å². The van der Waals surface area contributed by atoms with Crippen LogP contribution < -0.4 is 16.0 Å². The molecule has 1 saturated heterocycles. The average molecular weight is 434 g/mol. The molecule has 0 radical (unpaired) electrons. The second-order valence-electron chi connectivity index (χ2n) is 7.54. The van der Waals surface area contributed by atoms with E-state index in [1.807, 2.05) is 37.3 Å². The Morgan fingerprint density at radius 1 is 1.14 bits per heavy atom. The van der Waals surface area contributed by atoms with Crippen LogP contribution in [0.5, 0.6) is 0 Å². The van der Waals surface area contributed by atoms with Crippen LogP contribution in [-0.2, 0) is 16.0 Å². The number of piperidine rings is 1. The van der Waals surface area contributed by atoms with Gasteiger partial charge in [0.05, 0.1) is 0 Å². The number of anilines is 2. The lowest BCUT2D eigenvalue weighted by Gasteiger charge is -2.32. The number of carbonyl (C=O) groups is 2. The summed E-state index contributed by atoms with van der Waals surface area (Å²) >= 11 is 12.1. The van der Waals surface area contributed by atoms with Crippen molar-refractivity contribution in [1.29, 1.82) is 0 Å². The van der Waals surface area contributed by atoms with Crippen molar-refractivity contribution in [1.82, 2.24) is 0 Å². The van der Waals surface area contributed by atoms with Crippen molar-refractivity contribution in [3.63, 3.8) is 0 Å². The van der Waals surface area contributed by atoms with E-state index in [-0.39, 0.29) is 23.7 Å². The minimum absolute atomic E-state index is 0.0274. The number of primary amides is 1. The standard InChI is InChI=1S/C22H25Cl2N3O2/c1-14(12-16-2-3-17(23)13-20(16)24)22(29)26-18-4-6-19(7-5-18)27-10-8-15(9-11-27)21(25)28/h2-7,13-15H,8-12H2,1H3,(H2,25,28)(H,26,29). The predicted octanol–water partition coefficient (Wildman–Crippen LogP) is 4.51. The molecular formula is C22H25Cl2N3O2. The fraction of sp³-hybridized carbons (Fsp3) is 0.364. The van der Waals surface area contributed by atoms with Gasteiger partial charge >= 0.3 is 0 Å². The van der Waals surface area contributed by atoms with Gasteiger partial charge in [-0.15, -0.1) is 0 Å². The predicted molar refractivity (Wildman–Crippen MR) is 119 cm³/mol. The Labute approximate surface area is 181 Å². The first-order valence-corrected chi connectivity index (χ1v) is 10.5. The van der Waals surface area contributed by atoms with Gasteiger partial charge in [-0.2, -0.15) is 0 Å². The van der Waals surface area contributed by atoms with Crippen LogP contribution in [0.3, 0.4) is 0 Å². The van der Waals surface area contributed by atoms with Gasteiger partial charge in [0.1, 0.15) is 0 Å². The molecule has 1 heterocycles. The summed E-state index contributed by atoms with van der Waals surface area (Å²) in [5.41, 5.74) is 8.12. The molecule has 1 atom stereocenters. The molecule has 0 spiro atoms. The van der Waals surface area contributed by atoms with Crippen molar-refractivity contribution in [3.05, 3.63) is 58.1 Å². The maximum absolute atomic E-state index is 12.5. The summed E-state index contributed by atoms with van der Waals surface area (Å²) in [6.07, 6.45) is 2.09. The van der Waals surface area contributed by atoms with Gasteiger partial charge in [-0.3, -0.25) is 9.59 Å². The minimum atomic E-state index is -0.235. The van der Waals surface area contributed by atoms with Crippen LogP contribution in [0, 0.1) is 11.8 Å². The van der Waals surface area contributed by atoms with E-state index < -0.39 is 0 Å². The summed E-state index contributed by atoms with van der Waals surface area (Å²) in [6.45, 7) is 3.48. The molecule has 0 bridgehead atoms. The topological polar surface area (TPSA) is 75.4 Å². The van der Waals surface area contributed by atoms with E-state index in [4.69, 9.17) is 28.9 Å². The summed E-state index contributed by atoms with van der Waals surface area (Å²) < 4.78 is 0. The Hall–Kier alpha value is -2.24. The molecule has 2 aromatic carbocycles. The summed E-state index contributed by atoms with van der Waals surface area (Å²) in [7, 11) is 0. The first-order chi connectivity index (χ1) is 13.8. The molecule has 0 aromatic heterocycles. The van der Waals surface area contributed by atoms with Crippen LogP contribution in [0.15, 0.2) is 42.5 Å². The highest BCUT2D eigenvalue weighted by molar-refractivity contribution is 6.35. The number of benzene rings is 2. The fourth-order valence-corrected chi connectivity index (χ4v) is 4.04. The van der Waals surface area contributed by atoms with E-state index in [0.717, 1.165) is 42.9 Å². The number of halogens is 2. The van der Waals surface area contributed by atoms with Crippen molar-refractivity contribution in [3.8, 4) is 0 Å². The number of nitrogens with one attached hydrogen (secondary N) is 1. The molecule has 29 heavy (non-hydrogen) atoms. The van der Waals surface area contributed by atoms with E-state index in [2.05, 4.69) is 10.2 Å². The summed E-state index contributed by atoms with van der Waals surface area (Å²) in [6, 6.07) is 13.1. The van der Waals surface area contributed by atoms with E-state index in [0.29, 0.717) is 16.5 Å². The van der Waals surface area contributed by atoms with Gasteiger partial charge < -0.3 is 16.0 Å². The van der Waals surface area contributed by atoms with E-state index in [1.54, 1.807) is 12.1 Å². The Bertz CT molecular complexity index is 878. The lowest BCUT2D eigenvalue weighted by atomic mass is 9.96. The van der Waals surface area contributed by atoms with Crippen molar-refractivity contribution >= 4 is 46.4 Å². The number of nitrogens with zero attached hydrogens (tertiary/aromatic N) is 1. The van der Waals surface area contributed by atoms with Gasteiger partial charge in [-0.1, -0.05) is 36.2 Å². The normalized spacial score (nSPS) is 15.8. The largest absolute Gasteiger partial charge is 0.371 e. The number of nitrogens with two attached hydrogens (primary N) is 1. The van der Waals surface area contributed by atoms with Crippen LogP contribution >= 0.6 is 23.2 Å². The molecule has 1 aliphatic heterocycles. The number of hydrogen-bond donors (Lipinski definition) is 2. The quantitative estimate of drug-likeness (QED) is 0.703. The zero-order valence-electron chi connectivity index (χ0n) is 16.3. The molecular weight excluding hydrogens is 409 g/mol. The molecule has 3 rings (SSSR count). The Balaban J connectivity index is 1.55. The van der Waals surface area contributed by atoms with Crippen LogP contribution in [-0.4, -0.2) is 24.9 Å². The van der Waals surface area contributed by atoms with Crippen LogP contribution in [0.2, 0.25) is 10.0 Å². The third-order valence-corrected chi connectivity index (χ3v) is 5.97. The fourth-order valence-electron chi connectivity index (χ4n) is 3.55. The van der Waals surface area contributed by atoms with Crippen molar-refractivity contribution in [2.45, 2.75) is 26.2 Å². The van der Waals surface area contributed by atoms with Crippen LogP contribution in [0.4, 0.5) is 11.4 Å². The molecule has 0 saturated carbocycles. The van der Waals surface area contributed by atoms with Crippen molar-refractivity contribution < 1.29 is 9.59 Å². The first kappa shape index (κ1) is 21.5. The third-order valence-electron chi connectivity index (χ3n) is 5.39. The number of amides is 2. The third kappa shape index (κ3) is 5.64. The molecule has 2 amide bonds. The maximum atomic E-state index is 12.5. The lowest BCUT2D eigenvalue weighted by molar-refractivity contribution is -0.122. The molecule has 5 nitrogen and oxygen atoms in total. The Kier molecular flexibility index (Phi) is 7.04. The van der Waals surface area contributed by atoms with E-state index in [1.165, 1.54) is 0 Å². The molecule has 2 aromatic rings. The van der Waals surface area contributed by atoms with Gasteiger partial charge in [0.2, 0.25) is 11.8 Å². The van der Waals surface area contributed by atoms with Gasteiger partial charge in [-0.05, 0) is 61.2 Å². The second kappa shape index (κ2) is 9.51. The monoisotopic (exact) mass is 433 g/mol. The average Bonchev–Trinajstić information content (AvgIpc) is 2.70. The van der Waals surface area contributed by atoms with Gasteiger partial charge in [0.15, 0.2) is 0 Å². The zero-order valence-corrected chi connectivity index (χ0v) is 17.8. The van der Waals surface area contributed by atoms with Crippen molar-refractivity contribution in [2.24, 2.45) is 17.6 Å². The second-order valence-corrected chi connectivity index (χ2v) is 8.38. The number of carbonyl (C=O) groups excluding carboxylic acids is 2. The number of rotatable bonds is 6. The van der Waals surface area contributed by atoms with E-state index in [9.17, 15) is 9.59 Å². The highest BCUT2D eigenvalue weighted by atomic mass is 35.5. The minimum Gasteiger partial charge on any atom is -0.371 e. The lowest BCUT2D eigenvalue weighted by Crippen LogP contribution is -2.38. The summed E-state index contributed by atoms with van der Waals surface area (Å²) in [4.78, 5) is 26.1. The molecule has 1 fully saturated rings. The van der Waals surface area contributed by atoms with Gasteiger partial charge in [0.25, 0.3) is 0 Å².